The van der Waals surface area contributed by atoms with Crippen molar-refractivity contribution in [1.82, 2.24) is 9.80 Å². The summed E-state index contributed by atoms with van der Waals surface area (Å²) in [6.45, 7) is 5.18. The van der Waals surface area contributed by atoms with Gasteiger partial charge in [-0.05, 0) is 99.0 Å². The van der Waals surface area contributed by atoms with Crippen LogP contribution >= 0.6 is 23.2 Å². The van der Waals surface area contributed by atoms with Gasteiger partial charge in [0.2, 0.25) is 5.91 Å². The van der Waals surface area contributed by atoms with Crippen molar-refractivity contribution in [2.45, 2.75) is 82.8 Å². The smallest absolute Gasteiger partial charge is 0.490 e. The zero-order chi connectivity index (χ0) is 31.7. The van der Waals surface area contributed by atoms with Gasteiger partial charge < -0.3 is 19.6 Å². The van der Waals surface area contributed by atoms with E-state index < -0.39 is 12.1 Å². The number of piperidine rings is 1. The normalized spacial score (nSPS) is 19.9. The molecule has 3 aliphatic rings. The summed E-state index contributed by atoms with van der Waals surface area (Å²) in [5.74, 6) is -1.60. The number of alkyl halides is 3. The van der Waals surface area contributed by atoms with Crippen molar-refractivity contribution in [2.24, 2.45) is 5.92 Å². The third-order valence-electron chi connectivity index (χ3n) is 8.72. The predicted molar refractivity (Wildman–Crippen MR) is 166 cm³/mol. The number of carboxylic acids is 1. The molecule has 44 heavy (non-hydrogen) atoms. The van der Waals surface area contributed by atoms with Crippen LogP contribution in [0.25, 0.3) is 11.1 Å². The maximum atomic E-state index is 13.2. The lowest BCUT2D eigenvalue weighted by atomic mass is 9.93. The number of halogens is 5. The lowest BCUT2D eigenvalue weighted by Gasteiger charge is -2.31. The number of amides is 1. The van der Waals surface area contributed by atoms with Gasteiger partial charge >= 0.3 is 12.1 Å². The third kappa shape index (κ3) is 9.75. The summed E-state index contributed by atoms with van der Waals surface area (Å²) in [7, 11) is 0. The summed E-state index contributed by atoms with van der Waals surface area (Å²) in [6, 6.07) is 12.5. The Morgan fingerprint density at radius 2 is 1.48 bits per heavy atom. The Labute approximate surface area is 267 Å². The number of carbonyl (C=O) groups is 2. The van der Waals surface area contributed by atoms with Crippen molar-refractivity contribution in [1.29, 1.82) is 0 Å². The Bertz CT molecular complexity index is 1220. The molecule has 242 valence electrons. The van der Waals surface area contributed by atoms with Crippen LogP contribution in [0.15, 0.2) is 36.4 Å². The highest BCUT2D eigenvalue weighted by atomic mass is 35.5. The first-order valence-corrected chi connectivity index (χ1v) is 16.3. The van der Waals surface area contributed by atoms with Gasteiger partial charge in [-0.15, -0.1) is 0 Å². The quantitative estimate of drug-likeness (QED) is 0.275. The molecule has 1 saturated carbocycles. The number of hydrogen-bond donors (Lipinski definition) is 1. The van der Waals surface area contributed by atoms with Crippen LogP contribution in [0, 0.1) is 5.92 Å². The van der Waals surface area contributed by atoms with Gasteiger partial charge in [0.1, 0.15) is 5.75 Å². The van der Waals surface area contributed by atoms with Crippen LogP contribution in [0.1, 0.15) is 69.8 Å². The summed E-state index contributed by atoms with van der Waals surface area (Å²) >= 11 is 13.5. The zero-order valence-corrected chi connectivity index (χ0v) is 26.4. The number of carbonyl (C=O) groups excluding carboxylic acids is 1. The Morgan fingerprint density at radius 3 is 2.07 bits per heavy atom. The first-order valence-electron chi connectivity index (χ1n) is 15.6. The monoisotopic (exact) mass is 656 g/mol. The van der Waals surface area contributed by atoms with Crippen molar-refractivity contribution in [3.8, 4) is 16.9 Å². The molecular weight excluding hydrogens is 616 g/mol. The fraction of sp³-hybridized carbons (Fsp3) is 0.576. The minimum atomic E-state index is -5.08. The molecule has 1 unspecified atom stereocenters. The van der Waals surface area contributed by atoms with E-state index in [1.807, 2.05) is 24.3 Å². The summed E-state index contributed by atoms with van der Waals surface area (Å²) in [5, 5.41) is 8.41. The van der Waals surface area contributed by atoms with E-state index in [0.29, 0.717) is 22.5 Å². The lowest BCUT2D eigenvalue weighted by Crippen LogP contribution is -2.39. The lowest BCUT2D eigenvalue weighted by molar-refractivity contribution is -0.192. The molecule has 1 amide bonds. The van der Waals surface area contributed by atoms with Crippen molar-refractivity contribution in [3.63, 3.8) is 0 Å². The molecule has 5 rings (SSSR count). The zero-order valence-electron chi connectivity index (χ0n) is 24.9. The topological polar surface area (TPSA) is 70.1 Å². The molecule has 0 spiro atoms. The number of hydrogen-bond acceptors (Lipinski definition) is 4. The van der Waals surface area contributed by atoms with E-state index >= 15 is 0 Å². The molecule has 1 atom stereocenters. The fourth-order valence-corrected chi connectivity index (χ4v) is 6.96. The van der Waals surface area contributed by atoms with E-state index in [1.54, 1.807) is 0 Å². The van der Waals surface area contributed by atoms with E-state index in [-0.39, 0.29) is 11.8 Å². The van der Waals surface area contributed by atoms with Gasteiger partial charge in [0.15, 0.2) is 0 Å². The van der Waals surface area contributed by atoms with Gasteiger partial charge in [0, 0.05) is 35.1 Å². The van der Waals surface area contributed by atoms with E-state index in [0.717, 1.165) is 67.8 Å². The Kier molecular flexibility index (Phi) is 12.6. The molecule has 2 heterocycles. The maximum absolute atomic E-state index is 13.2. The fourth-order valence-electron chi connectivity index (χ4n) is 6.32. The molecule has 11 heteroatoms. The number of carboxylic acid groups (broad SMARTS) is 1. The van der Waals surface area contributed by atoms with E-state index in [9.17, 15) is 18.0 Å². The molecule has 2 saturated heterocycles. The van der Waals surface area contributed by atoms with Crippen molar-refractivity contribution >= 4 is 35.1 Å². The van der Waals surface area contributed by atoms with Gasteiger partial charge in [-0.2, -0.15) is 13.2 Å². The minimum absolute atomic E-state index is 0.0193. The SMILES string of the molecule is O=C(O)C(F)(F)F.O=C1C(Cc2c(Cl)cc(-c3ccc(OCCCN4CCCCC4)cc3)cc2Cl)CCN1C1CCCCC1. The molecule has 1 N–H and O–H groups in total. The molecule has 2 aromatic rings. The number of likely N-dealkylation sites (tertiary alicyclic amines) is 2. The first-order chi connectivity index (χ1) is 21.0. The van der Waals surface area contributed by atoms with Crippen LogP contribution in [-0.2, 0) is 16.0 Å². The van der Waals surface area contributed by atoms with Gasteiger partial charge in [0.05, 0.1) is 6.61 Å². The van der Waals surface area contributed by atoms with E-state index in [2.05, 4.69) is 21.9 Å². The average molecular weight is 658 g/mol. The molecule has 0 radical (unpaired) electrons. The number of benzene rings is 2. The Hall–Kier alpha value is -2.49. The first kappa shape index (κ1) is 34.4. The second-order valence-electron chi connectivity index (χ2n) is 11.9. The van der Waals surface area contributed by atoms with Crippen molar-refractivity contribution in [2.75, 3.05) is 32.8 Å². The van der Waals surface area contributed by atoms with Crippen LogP contribution in [-0.4, -0.2) is 71.8 Å². The van der Waals surface area contributed by atoms with E-state index in [1.165, 1.54) is 51.6 Å². The molecule has 3 fully saturated rings. The van der Waals surface area contributed by atoms with Gasteiger partial charge in [-0.3, -0.25) is 4.79 Å². The summed E-state index contributed by atoms with van der Waals surface area (Å²) in [6.07, 6.45) is 7.59. The molecule has 1 aliphatic carbocycles. The van der Waals surface area contributed by atoms with Gasteiger partial charge in [-0.25, -0.2) is 4.79 Å². The second-order valence-corrected chi connectivity index (χ2v) is 12.7. The van der Waals surface area contributed by atoms with E-state index in [4.69, 9.17) is 37.8 Å². The standard InChI is InChI=1S/C31H40Cl2N2O2.C2HF3O2/c32-29-21-25(23-10-12-27(13-11-23)37-19-7-17-34-15-5-2-6-16-34)22-30(33)28(29)20-24-14-18-35(31(24)36)26-8-3-1-4-9-26;3-2(4,5)1(6)7/h10-13,21-22,24,26H,1-9,14-20H2;(H,6,7). The second kappa shape index (κ2) is 16.2. The third-order valence-corrected chi connectivity index (χ3v) is 9.40. The number of aliphatic carboxylic acids is 1. The number of nitrogens with zero attached hydrogens (tertiary/aromatic N) is 2. The van der Waals surface area contributed by atoms with Crippen LogP contribution in [0.4, 0.5) is 13.2 Å². The highest BCUT2D eigenvalue weighted by molar-refractivity contribution is 6.36. The highest BCUT2D eigenvalue weighted by Crippen LogP contribution is 2.37. The Balaban J connectivity index is 0.000000566. The molecule has 2 aliphatic heterocycles. The minimum Gasteiger partial charge on any atom is -0.494 e. The molecule has 2 aromatic carbocycles. The van der Waals surface area contributed by atoms with Crippen molar-refractivity contribution in [3.05, 3.63) is 52.0 Å². The highest BCUT2D eigenvalue weighted by Gasteiger charge is 2.38. The maximum Gasteiger partial charge on any atom is 0.490 e. The predicted octanol–water partition coefficient (Wildman–Crippen LogP) is 8.27. The van der Waals surface area contributed by atoms with Gasteiger partial charge in [-0.1, -0.05) is 61.0 Å². The summed E-state index contributed by atoms with van der Waals surface area (Å²) < 4.78 is 37.7. The van der Waals surface area contributed by atoms with Crippen LogP contribution < -0.4 is 4.74 Å². The number of ether oxygens (including phenoxy) is 1. The average Bonchev–Trinajstić information content (AvgIpc) is 3.37. The van der Waals surface area contributed by atoms with Crippen molar-refractivity contribution < 1.29 is 32.6 Å². The summed E-state index contributed by atoms with van der Waals surface area (Å²) in [4.78, 5) is 26.7. The number of rotatable bonds is 9. The van der Waals surface area contributed by atoms with Crippen LogP contribution in [0.3, 0.4) is 0 Å². The largest absolute Gasteiger partial charge is 0.494 e. The summed E-state index contributed by atoms with van der Waals surface area (Å²) in [5.41, 5.74) is 2.93. The van der Waals surface area contributed by atoms with Gasteiger partial charge in [0.25, 0.3) is 0 Å². The molecular formula is C33H41Cl2F3N2O4. The molecule has 0 bridgehead atoms. The van der Waals surface area contributed by atoms with Crippen LogP contribution in [0.2, 0.25) is 10.0 Å². The van der Waals surface area contributed by atoms with Crippen LogP contribution in [0.5, 0.6) is 5.75 Å². The molecule has 0 aromatic heterocycles. The molecule has 6 nitrogen and oxygen atoms in total. The Morgan fingerprint density at radius 1 is 0.886 bits per heavy atom.